The molecule has 0 saturated heterocycles. The standard InChI is InChI=1S/C24H22F3N5O2/c1-34-21-10-8-16(9-11-21)15-32-30-22(29-31-32)18-5-3-6-19(13-18)23(33)28-14-17-4-2-7-20(12-17)24(25,26)27/h2-13,31H,14-15H2,1H3,(H,28,33)(H,29,30). The molecule has 0 aromatic heterocycles. The minimum Gasteiger partial charge on any atom is -0.497 e. The number of nitrogens with zero attached hydrogens (tertiary/aromatic N) is 2. The quantitative estimate of drug-likeness (QED) is 0.490. The Morgan fingerprint density at radius 1 is 1.03 bits per heavy atom. The van der Waals surface area contributed by atoms with Crippen molar-refractivity contribution in [1.82, 2.24) is 21.4 Å². The molecule has 1 amide bonds. The topological polar surface area (TPSA) is 78.0 Å². The third-order valence-corrected chi connectivity index (χ3v) is 5.13. The van der Waals surface area contributed by atoms with Crippen LogP contribution in [-0.4, -0.2) is 24.0 Å². The highest BCUT2D eigenvalue weighted by atomic mass is 19.4. The molecule has 0 fully saturated rings. The SMILES string of the molecule is COc1ccc(CN2NN=C(c3cccc(C(=O)NCc4cccc(C(F)(F)F)c4)c3)N2)cc1. The number of hydrogen-bond donors (Lipinski definition) is 3. The molecule has 3 aromatic carbocycles. The number of carbonyl (C=O) groups excluding carboxylic acids is 1. The molecule has 0 spiro atoms. The van der Waals surface area contributed by atoms with Gasteiger partial charge in [-0.1, -0.05) is 36.4 Å². The van der Waals surface area contributed by atoms with Crippen LogP contribution in [0.25, 0.3) is 0 Å². The first kappa shape index (κ1) is 23.1. The van der Waals surface area contributed by atoms with Crippen molar-refractivity contribution in [3.8, 4) is 5.75 Å². The summed E-state index contributed by atoms with van der Waals surface area (Å²) in [6.45, 7) is 0.498. The Morgan fingerprint density at radius 3 is 2.53 bits per heavy atom. The van der Waals surface area contributed by atoms with Crippen LogP contribution in [0.15, 0.2) is 77.9 Å². The van der Waals surface area contributed by atoms with Gasteiger partial charge in [0.05, 0.1) is 19.2 Å². The van der Waals surface area contributed by atoms with Gasteiger partial charge in [-0.05, 0) is 47.5 Å². The van der Waals surface area contributed by atoms with Crippen molar-refractivity contribution in [3.63, 3.8) is 0 Å². The highest BCUT2D eigenvalue weighted by Crippen LogP contribution is 2.29. The molecule has 34 heavy (non-hydrogen) atoms. The van der Waals surface area contributed by atoms with Crippen molar-refractivity contribution in [3.05, 3.63) is 101 Å². The van der Waals surface area contributed by atoms with Gasteiger partial charge in [-0.3, -0.25) is 10.2 Å². The van der Waals surface area contributed by atoms with E-state index in [-0.39, 0.29) is 6.54 Å². The highest BCUT2D eigenvalue weighted by molar-refractivity contribution is 6.02. The number of benzene rings is 3. The van der Waals surface area contributed by atoms with Crippen LogP contribution in [0.1, 0.15) is 32.6 Å². The number of methoxy groups -OCH3 is 1. The minimum absolute atomic E-state index is 0.0244. The van der Waals surface area contributed by atoms with Gasteiger partial charge < -0.3 is 10.1 Å². The Labute approximate surface area is 194 Å². The Morgan fingerprint density at radius 2 is 1.79 bits per heavy atom. The fourth-order valence-corrected chi connectivity index (χ4v) is 3.36. The summed E-state index contributed by atoms with van der Waals surface area (Å²) in [4.78, 5) is 12.6. The van der Waals surface area contributed by atoms with E-state index in [4.69, 9.17) is 4.74 Å². The zero-order chi connectivity index (χ0) is 24.1. The summed E-state index contributed by atoms with van der Waals surface area (Å²) >= 11 is 0. The maximum Gasteiger partial charge on any atom is 0.416 e. The number of amides is 1. The summed E-state index contributed by atoms with van der Waals surface area (Å²) in [5.41, 5.74) is 7.69. The van der Waals surface area contributed by atoms with E-state index in [9.17, 15) is 18.0 Å². The molecular weight excluding hydrogens is 447 g/mol. The van der Waals surface area contributed by atoms with Crippen molar-refractivity contribution in [2.45, 2.75) is 19.3 Å². The lowest BCUT2D eigenvalue weighted by atomic mass is 10.1. The number of nitrogens with one attached hydrogen (secondary N) is 3. The van der Waals surface area contributed by atoms with E-state index < -0.39 is 17.6 Å². The van der Waals surface area contributed by atoms with E-state index >= 15 is 0 Å². The molecule has 7 nitrogen and oxygen atoms in total. The number of carbonyl (C=O) groups is 1. The van der Waals surface area contributed by atoms with Crippen molar-refractivity contribution < 1.29 is 22.7 Å². The van der Waals surface area contributed by atoms with Crippen molar-refractivity contribution >= 4 is 11.7 Å². The highest BCUT2D eigenvalue weighted by Gasteiger charge is 2.30. The second-order valence-corrected chi connectivity index (χ2v) is 7.57. The monoisotopic (exact) mass is 469 g/mol. The molecule has 1 aliphatic heterocycles. The Hall–Kier alpha value is -4.05. The van der Waals surface area contributed by atoms with Gasteiger partial charge in [0.2, 0.25) is 0 Å². The van der Waals surface area contributed by atoms with Gasteiger partial charge >= 0.3 is 6.18 Å². The van der Waals surface area contributed by atoms with Gasteiger partial charge in [-0.25, -0.2) is 5.53 Å². The number of alkyl halides is 3. The van der Waals surface area contributed by atoms with Crippen LogP contribution in [0.3, 0.4) is 0 Å². The second-order valence-electron chi connectivity index (χ2n) is 7.57. The third kappa shape index (κ3) is 5.65. The van der Waals surface area contributed by atoms with Crippen molar-refractivity contribution in [2.24, 2.45) is 5.10 Å². The molecular formula is C24H22F3N5O2. The molecule has 0 bridgehead atoms. The molecule has 0 saturated carbocycles. The number of ether oxygens (including phenoxy) is 1. The van der Waals surface area contributed by atoms with Crippen LogP contribution in [0.2, 0.25) is 0 Å². The average Bonchev–Trinajstić information content (AvgIpc) is 3.31. The smallest absolute Gasteiger partial charge is 0.416 e. The Kier molecular flexibility index (Phi) is 6.69. The first-order chi connectivity index (χ1) is 16.3. The zero-order valence-electron chi connectivity index (χ0n) is 18.2. The molecule has 0 unspecified atom stereocenters. The molecule has 1 aliphatic rings. The molecule has 3 aromatic rings. The molecule has 3 N–H and O–H groups in total. The zero-order valence-corrected chi connectivity index (χ0v) is 18.2. The van der Waals surface area contributed by atoms with Crippen molar-refractivity contribution in [1.29, 1.82) is 0 Å². The van der Waals surface area contributed by atoms with Crippen LogP contribution < -0.4 is 21.0 Å². The fraction of sp³-hybridized carbons (Fsp3) is 0.167. The summed E-state index contributed by atoms with van der Waals surface area (Å²) in [6, 6.07) is 19.3. The lowest BCUT2D eigenvalue weighted by molar-refractivity contribution is -0.137. The number of amidine groups is 1. The first-order valence-electron chi connectivity index (χ1n) is 10.4. The molecule has 0 radical (unpaired) electrons. The van der Waals surface area contributed by atoms with Crippen LogP contribution >= 0.6 is 0 Å². The number of halogens is 3. The first-order valence-corrected chi connectivity index (χ1v) is 10.4. The van der Waals surface area contributed by atoms with E-state index in [0.717, 1.165) is 23.4 Å². The van der Waals surface area contributed by atoms with Crippen molar-refractivity contribution in [2.75, 3.05) is 7.11 Å². The summed E-state index contributed by atoms with van der Waals surface area (Å²) in [7, 11) is 1.61. The van der Waals surface area contributed by atoms with Gasteiger partial charge in [0, 0.05) is 17.7 Å². The summed E-state index contributed by atoms with van der Waals surface area (Å²) < 4.78 is 43.8. The number of hydrazine groups is 2. The molecule has 1 heterocycles. The fourth-order valence-electron chi connectivity index (χ4n) is 3.36. The van der Waals surface area contributed by atoms with E-state index in [1.807, 2.05) is 24.3 Å². The summed E-state index contributed by atoms with van der Waals surface area (Å²) in [5.74, 6) is 0.896. The molecule has 4 rings (SSSR count). The Balaban J connectivity index is 1.36. The Bertz CT molecular complexity index is 1200. The summed E-state index contributed by atoms with van der Waals surface area (Å²) in [6.07, 6.45) is -4.43. The molecule has 10 heteroatoms. The number of rotatable bonds is 7. The van der Waals surface area contributed by atoms with Crippen LogP contribution in [0.4, 0.5) is 13.2 Å². The minimum atomic E-state index is -4.43. The predicted octanol–water partition coefficient (Wildman–Crippen LogP) is 3.83. The van der Waals surface area contributed by atoms with Gasteiger partial charge in [-0.2, -0.15) is 13.2 Å². The number of hydrazone groups is 1. The van der Waals surface area contributed by atoms with E-state index in [1.54, 1.807) is 36.5 Å². The van der Waals surface area contributed by atoms with E-state index in [2.05, 4.69) is 21.4 Å². The largest absolute Gasteiger partial charge is 0.497 e. The lowest BCUT2D eigenvalue weighted by Crippen LogP contribution is -2.40. The summed E-state index contributed by atoms with van der Waals surface area (Å²) in [5, 5.41) is 8.61. The lowest BCUT2D eigenvalue weighted by Gasteiger charge is -2.16. The molecule has 0 aliphatic carbocycles. The maximum absolute atomic E-state index is 12.9. The normalized spacial score (nSPS) is 13.6. The third-order valence-electron chi connectivity index (χ3n) is 5.13. The predicted molar refractivity (Wildman–Crippen MR) is 120 cm³/mol. The van der Waals surface area contributed by atoms with Crippen LogP contribution in [-0.2, 0) is 19.3 Å². The average molecular weight is 469 g/mol. The van der Waals surface area contributed by atoms with Gasteiger partial charge in [0.15, 0.2) is 5.84 Å². The van der Waals surface area contributed by atoms with E-state index in [0.29, 0.717) is 29.1 Å². The molecule has 176 valence electrons. The second kappa shape index (κ2) is 9.84. The van der Waals surface area contributed by atoms with E-state index in [1.165, 1.54) is 12.1 Å². The van der Waals surface area contributed by atoms with Gasteiger partial charge in [-0.15, -0.1) is 10.2 Å². The van der Waals surface area contributed by atoms with Gasteiger partial charge in [0.25, 0.3) is 5.91 Å². The maximum atomic E-state index is 12.9. The van der Waals surface area contributed by atoms with Crippen LogP contribution in [0, 0.1) is 0 Å². The molecule has 0 atom stereocenters. The van der Waals surface area contributed by atoms with Gasteiger partial charge in [0.1, 0.15) is 5.75 Å². The van der Waals surface area contributed by atoms with Crippen LogP contribution in [0.5, 0.6) is 5.75 Å². The number of hydrogen-bond acceptors (Lipinski definition) is 6.